The molecule has 14 heavy (non-hydrogen) atoms. The SMILES string of the molecule is CCN(CC)CCSc1nsnc1Cl. The van der Waals surface area contributed by atoms with E-state index in [0.29, 0.717) is 5.15 Å². The Morgan fingerprint density at radius 3 is 2.57 bits per heavy atom. The molecular formula is C8H14ClN3S2. The van der Waals surface area contributed by atoms with Crippen molar-refractivity contribution >= 4 is 35.1 Å². The molecule has 0 aliphatic rings. The van der Waals surface area contributed by atoms with Gasteiger partial charge in [0.15, 0.2) is 5.15 Å². The van der Waals surface area contributed by atoms with Gasteiger partial charge >= 0.3 is 0 Å². The molecule has 0 aliphatic heterocycles. The van der Waals surface area contributed by atoms with Gasteiger partial charge in [0.1, 0.15) is 5.03 Å². The number of aromatic nitrogens is 2. The fourth-order valence-electron chi connectivity index (χ4n) is 1.07. The molecule has 80 valence electrons. The molecule has 3 nitrogen and oxygen atoms in total. The second-order valence-corrected chi connectivity index (χ2v) is 4.71. The lowest BCUT2D eigenvalue weighted by Gasteiger charge is -2.16. The largest absolute Gasteiger partial charge is 0.303 e. The topological polar surface area (TPSA) is 29.0 Å². The molecule has 0 saturated carbocycles. The predicted octanol–water partition coefficient (Wildman–Crippen LogP) is 2.63. The molecule has 0 N–H and O–H groups in total. The van der Waals surface area contributed by atoms with Gasteiger partial charge in [0.2, 0.25) is 0 Å². The Bertz CT molecular complexity index is 263. The van der Waals surface area contributed by atoms with Crippen molar-refractivity contribution in [3.8, 4) is 0 Å². The molecule has 0 amide bonds. The van der Waals surface area contributed by atoms with Gasteiger partial charge in [-0.15, -0.1) is 11.8 Å². The first-order valence-electron chi connectivity index (χ1n) is 4.61. The number of nitrogens with zero attached hydrogens (tertiary/aromatic N) is 3. The van der Waals surface area contributed by atoms with Crippen LogP contribution in [0.5, 0.6) is 0 Å². The smallest absolute Gasteiger partial charge is 0.176 e. The van der Waals surface area contributed by atoms with Crippen LogP contribution in [0.4, 0.5) is 0 Å². The summed E-state index contributed by atoms with van der Waals surface area (Å²) in [6.07, 6.45) is 0. The van der Waals surface area contributed by atoms with Gasteiger partial charge in [0.05, 0.1) is 11.7 Å². The third kappa shape index (κ3) is 3.73. The van der Waals surface area contributed by atoms with Crippen LogP contribution in [0.25, 0.3) is 0 Å². The van der Waals surface area contributed by atoms with Crippen LogP contribution in [0, 0.1) is 0 Å². The molecule has 0 aliphatic carbocycles. The van der Waals surface area contributed by atoms with Crippen LogP contribution in [0.15, 0.2) is 5.03 Å². The summed E-state index contributed by atoms with van der Waals surface area (Å²) < 4.78 is 8.02. The molecule has 0 aromatic carbocycles. The standard InChI is InChI=1S/C8H14ClN3S2/c1-3-12(4-2)5-6-13-8-7(9)10-14-11-8/h3-6H2,1-2H3. The van der Waals surface area contributed by atoms with E-state index in [4.69, 9.17) is 11.6 Å². The van der Waals surface area contributed by atoms with Crippen molar-refractivity contribution in [2.45, 2.75) is 18.9 Å². The minimum absolute atomic E-state index is 0.541. The number of thioether (sulfide) groups is 1. The zero-order valence-corrected chi connectivity index (χ0v) is 10.8. The Morgan fingerprint density at radius 1 is 1.36 bits per heavy atom. The van der Waals surface area contributed by atoms with Gasteiger partial charge in [-0.1, -0.05) is 25.4 Å². The molecule has 0 fully saturated rings. The lowest BCUT2D eigenvalue weighted by molar-refractivity contribution is 0.324. The highest BCUT2D eigenvalue weighted by Gasteiger charge is 2.06. The molecule has 1 aromatic heterocycles. The number of hydrogen-bond acceptors (Lipinski definition) is 5. The summed E-state index contributed by atoms with van der Waals surface area (Å²) >= 11 is 8.67. The molecule has 0 radical (unpaired) electrons. The van der Waals surface area contributed by atoms with Crippen LogP contribution in [-0.4, -0.2) is 39.0 Å². The fraction of sp³-hybridized carbons (Fsp3) is 0.750. The highest BCUT2D eigenvalue weighted by atomic mass is 35.5. The van der Waals surface area contributed by atoms with Gasteiger partial charge in [0, 0.05) is 12.3 Å². The minimum Gasteiger partial charge on any atom is -0.303 e. The van der Waals surface area contributed by atoms with Crippen molar-refractivity contribution < 1.29 is 0 Å². The quantitative estimate of drug-likeness (QED) is 0.727. The minimum atomic E-state index is 0.541. The van der Waals surface area contributed by atoms with E-state index in [1.165, 1.54) is 11.7 Å². The van der Waals surface area contributed by atoms with Crippen LogP contribution < -0.4 is 0 Å². The van der Waals surface area contributed by atoms with Gasteiger partial charge in [-0.05, 0) is 13.1 Å². The summed E-state index contributed by atoms with van der Waals surface area (Å²) in [7, 11) is 0. The Balaban J connectivity index is 2.24. The average Bonchev–Trinajstić information content (AvgIpc) is 2.59. The molecule has 0 bridgehead atoms. The van der Waals surface area contributed by atoms with Crippen molar-refractivity contribution in [2.75, 3.05) is 25.4 Å². The first-order valence-corrected chi connectivity index (χ1v) is 6.70. The van der Waals surface area contributed by atoms with Crippen LogP contribution in [0.2, 0.25) is 5.15 Å². The first-order chi connectivity index (χ1) is 6.77. The zero-order valence-electron chi connectivity index (χ0n) is 8.36. The van der Waals surface area contributed by atoms with E-state index in [9.17, 15) is 0 Å². The van der Waals surface area contributed by atoms with Crippen molar-refractivity contribution in [2.24, 2.45) is 0 Å². The fourth-order valence-corrected chi connectivity index (χ4v) is 2.85. The Hall–Kier alpha value is 0.160. The van der Waals surface area contributed by atoms with E-state index in [0.717, 1.165) is 30.4 Å². The average molecular weight is 252 g/mol. The number of rotatable bonds is 6. The van der Waals surface area contributed by atoms with Crippen molar-refractivity contribution in [1.82, 2.24) is 13.6 Å². The maximum Gasteiger partial charge on any atom is 0.176 e. The summed E-state index contributed by atoms with van der Waals surface area (Å²) in [5.41, 5.74) is 0. The van der Waals surface area contributed by atoms with Crippen molar-refractivity contribution in [3.63, 3.8) is 0 Å². The van der Waals surface area contributed by atoms with Crippen molar-refractivity contribution in [1.29, 1.82) is 0 Å². The van der Waals surface area contributed by atoms with Crippen LogP contribution in [-0.2, 0) is 0 Å². The van der Waals surface area contributed by atoms with Gasteiger partial charge in [0.25, 0.3) is 0 Å². The molecule has 1 rings (SSSR count). The van der Waals surface area contributed by atoms with Crippen molar-refractivity contribution in [3.05, 3.63) is 5.15 Å². The lowest BCUT2D eigenvalue weighted by atomic mass is 10.5. The predicted molar refractivity (Wildman–Crippen MR) is 63.4 cm³/mol. The Labute approximate surface area is 98.2 Å². The molecule has 6 heteroatoms. The molecular weight excluding hydrogens is 238 g/mol. The first kappa shape index (κ1) is 12.2. The van der Waals surface area contributed by atoms with Gasteiger partial charge in [-0.3, -0.25) is 0 Å². The number of hydrogen-bond donors (Lipinski definition) is 0. The molecule has 0 unspecified atom stereocenters. The number of halogens is 1. The second kappa shape index (κ2) is 6.61. The summed E-state index contributed by atoms with van der Waals surface area (Å²) in [6.45, 7) is 7.61. The monoisotopic (exact) mass is 251 g/mol. The molecule has 1 heterocycles. The molecule has 0 spiro atoms. The van der Waals surface area contributed by atoms with E-state index in [-0.39, 0.29) is 0 Å². The highest BCUT2D eigenvalue weighted by molar-refractivity contribution is 7.99. The van der Waals surface area contributed by atoms with E-state index in [2.05, 4.69) is 27.5 Å². The summed E-state index contributed by atoms with van der Waals surface area (Å²) in [5.74, 6) is 1.02. The zero-order chi connectivity index (χ0) is 10.4. The summed E-state index contributed by atoms with van der Waals surface area (Å²) in [6, 6.07) is 0. The Kier molecular flexibility index (Phi) is 5.77. The second-order valence-electron chi connectivity index (χ2n) is 2.74. The highest BCUT2D eigenvalue weighted by Crippen LogP contribution is 2.24. The summed E-state index contributed by atoms with van der Waals surface area (Å²) in [4.78, 5) is 2.38. The molecule has 0 atom stereocenters. The molecule has 0 saturated heterocycles. The normalized spacial score (nSPS) is 11.1. The molecule has 1 aromatic rings. The van der Waals surface area contributed by atoms with E-state index < -0.39 is 0 Å². The lowest BCUT2D eigenvalue weighted by Crippen LogP contribution is -2.25. The van der Waals surface area contributed by atoms with Gasteiger partial charge in [-0.25, -0.2) is 0 Å². The summed E-state index contributed by atoms with van der Waals surface area (Å²) in [5, 5.41) is 1.41. The van der Waals surface area contributed by atoms with Crippen LogP contribution in [0.1, 0.15) is 13.8 Å². The third-order valence-electron chi connectivity index (χ3n) is 1.96. The Morgan fingerprint density at radius 2 is 2.07 bits per heavy atom. The van der Waals surface area contributed by atoms with Crippen LogP contribution >= 0.6 is 35.1 Å². The maximum absolute atomic E-state index is 5.83. The third-order valence-corrected chi connectivity index (χ3v) is 4.03. The van der Waals surface area contributed by atoms with E-state index in [1.54, 1.807) is 11.8 Å². The maximum atomic E-state index is 5.83. The van der Waals surface area contributed by atoms with E-state index in [1.807, 2.05) is 0 Å². The van der Waals surface area contributed by atoms with Gasteiger partial charge < -0.3 is 4.90 Å². The van der Waals surface area contributed by atoms with E-state index >= 15 is 0 Å². The van der Waals surface area contributed by atoms with Crippen LogP contribution in [0.3, 0.4) is 0 Å². The van der Waals surface area contributed by atoms with Gasteiger partial charge in [-0.2, -0.15) is 8.75 Å².